The summed E-state index contributed by atoms with van der Waals surface area (Å²) in [6.45, 7) is 4.86. The molecule has 3 heterocycles. The predicted octanol–water partition coefficient (Wildman–Crippen LogP) is 2.09. The van der Waals surface area contributed by atoms with Gasteiger partial charge in [0.2, 0.25) is 0 Å². The highest BCUT2D eigenvalue weighted by atomic mass is 32.2. The molecule has 12 heteroatoms. The van der Waals surface area contributed by atoms with E-state index >= 15 is 0 Å². The number of sulfonamides is 1. The molecule has 1 saturated carbocycles. The van der Waals surface area contributed by atoms with Crippen molar-refractivity contribution in [2.24, 2.45) is 0 Å². The first-order valence-electron chi connectivity index (χ1n) is 12.6. The molecule has 0 atom stereocenters. The lowest BCUT2D eigenvalue weighted by molar-refractivity contribution is -0.113. The van der Waals surface area contributed by atoms with Gasteiger partial charge >= 0.3 is 0 Å². The fourth-order valence-electron chi connectivity index (χ4n) is 4.68. The third-order valence-corrected chi connectivity index (χ3v) is 9.05. The molecule has 11 nitrogen and oxygen atoms in total. The van der Waals surface area contributed by atoms with E-state index in [2.05, 4.69) is 27.1 Å². The summed E-state index contributed by atoms with van der Waals surface area (Å²) >= 11 is 0. The van der Waals surface area contributed by atoms with Crippen LogP contribution in [-0.2, 0) is 14.8 Å². The Hall–Kier alpha value is -3.35. The Morgan fingerprint density at radius 1 is 1.13 bits per heavy atom. The number of rotatable bonds is 8. The molecule has 1 aromatic carbocycles. The number of carbonyl (C=O) groups excluding carboxylic acids is 1. The van der Waals surface area contributed by atoms with E-state index in [4.69, 9.17) is 9.47 Å². The van der Waals surface area contributed by atoms with E-state index in [1.807, 2.05) is 6.07 Å². The molecule has 2 aliphatic heterocycles. The van der Waals surface area contributed by atoms with Gasteiger partial charge in [0, 0.05) is 57.6 Å². The second kappa shape index (κ2) is 10.4. The molecule has 1 aromatic heterocycles. The van der Waals surface area contributed by atoms with Crippen molar-refractivity contribution in [1.29, 1.82) is 0 Å². The number of benzene rings is 1. The van der Waals surface area contributed by atoms with Crippen molar-refractivity contribution in [3.8, 4) is 11.5 Å². The summed E-state index contributed by atoms with van der Waals surface area (Å²) in [5, 5.41) is 13.7. The van der Waals surface area contributed by atoms with Crippen molar-refractivity contribution in [3.05, 3.63) is 47.3 Å². The smallest absolute Gasteiger partial charge is 0.277 e. The van der Waals surface area contributed by atoms with E-state index in [1.54, 1.807) is 12.3 Å². The maximum absolute atomic E-state index is 13.4. The van der Waals surface area contributed by atoms with Crippen LogP contribution in [0.25, 0.3) is 5.76 Å². The number of hydrogen-bond acceptors (Lipinski definition) is 9. The zero-order valence-electron chi connectivity index (χ0n) is 21.8. The van der Waals surface area contributed by atoms with Crippen LogP contribution in [0.5, 0.6) is 11.5 Å². The number of pyridine rings is 1. The largest absolute Gasteiger partial charge is 0.505 e. The summed E-state index contributed by atoms with van der Waals surface area (Å²) in [4.78, 5) is 21.8. The number of methoxy groups -OCH3 is 1. The van der Waals surface area contributed by atoms with E-state index < -0.39 is 27.4 Å². The maximum atomic E-state index is 13.4. The van der Waals surface area contributed by atoms with Crippen LogP contribution in [0.4, 0.5) is 5.82 Å². The van der Waals surface area contributed by atoms with Crippen LogP contribution < -0.4 is 14.8 Å². The number of aliphatic hydroxyl groups is 1. The summed E-state index contributed by atoms with van der Waals surface area (Å²) in [5.74, 6) is 0.00587. The number of aliphatic hydroxyl groups excluding tert-OH is 1. The van der Waals surface area contributed by atoms with Crippen molar-refractivity contribution in [2.45, 2.75) is 23.7 Å². The van der Waals surface area contributed by atoms with Gasteiger partial charge in [-0.25, -0.2) is 13.4 Å². The van der Waals surface area contributed by atoms with Gasteiger partial charge < -0.3 is 24.8 Å². The Morgan fingerprint density at radius 3 is 2.50 bits per heavy atom. The van der Waals surface area contributed by atoms with E-state index in [0.29, 0.717) is 19.1 Å². The molecular formula is C26H33N5O6S. The topological polar surface area (TPSA) is 125 Å². The van der Waals surface area contributed by atoms with Gasteiger partial charge in [-0.2, -0.15) is 0 Å². The number of hydrogen-bond donors (Lipinski definition) is 2. The highest BCUT2D eigenvalue weighted by molar-refractivity contribution is 7.89. The van der Waals surface area contributed by atoms with Crippen molar-refractivity contribution >= 4 is 27.5 Å². The van der Waals surface area contributed by atoms with Crippen molar-refractivity contribution < 1.29 is 27.8 Å². The average molecular weight is 544 g/mol. The van der Waals surface area contributed by atoms with Crippen LogP contribution in [-0.4, -0.2) is 99.1 Å². The molecule has 0 unspecified atom stereocenters. The SMILES string of the molecule is COc1cc2c(cc1OCCN1CCN(C)CC1)S(=O)(=O)N(C)C(C(=O)Nc1ccc(C3CC3)cn1)=C2O. The molecule has 3 aliphatic rings. The lowest BCUT2D eigenvalue weighted by Crippen LogP contribution is -2.45. The maximum Gasteiger partial charge on any atom is 0.277 e. The van der Waals surface area contributed by atoms with E-state index in [9.17, 15) is 18.3 Å². The second-order valence-corrected chi connectivity index (χ2v) is 11.8. The number of piperazine rings is 1. The first-order valence-corrected chi connectivity index (χ1v) is 14.1. The lowest BCUT2D eigenvalue weighted by atomic mass is 10.1. The normalized spacial score (nSPS) is 19.7. The molecular weight excluding hydrogens is 510 g/mol. The van der Waals surface area contributed by atoms with Gasteiger partial charge in [-0.3, -0.25) is 14.0 Å². The lowest BCUT2D eigenvalue weighted by Gasteiger charge is -2.32. The zero-order valence-corrected chi connectivity index (χ0v) is 22.6. The number of amides is 1. The molecule has 1 amide bonds. The van der Waals surface area contributed by atoms with Crippen molar-refractivity contribution in [1.82, 2.24) is 19.1 Å². The van der Waals surface area contributed by atoms with Gasteiger partial charge in [-0.15, -0.1) is 0 Å². The third-order valence-electron chi connectivity index (χ3n) is 7.25. The number of fused-ring (bicyclic) bond motifs is 1. The van der Waals surface area contributed by atoms with Crippen LogP contribution in [0.1, 0.15) is 29.9 Å². The summed E-state index contributed by atoms with van der Waals surface area (Å²) in [6.07, 6.45) is 3.96. The van der Waals surface area contributed by atoms with Gasteiger partial charge in [-0.1, -0.05) is 6.07 Å². The first-order chi connectivity index (χ1) is 18.2. The monoisotopic (exact) mass is 543 g/mol. The average Bonchev–Trinajstić information content (AvgIpc) is 3.75. The van der Waals surface area contributed by atoms with Gasteiger partial charge in [-0.05, 0) is 43.5 Å². The zero-order chi connectivity index (χ0) is 27.0. The summed E-state index contributed by atoms with van der Waals surface area (Å²) in [5.41, 5.74) is 0.662. The molecule has 2 aromatic rings. The van der Waals surface area contributed by atoms with Gasteiger partial charge in [0.1, 0.15) is 17.3 Å². The van der Waals surface area contributed by atoms with Crippen LogP contribution in [0, 0.1) is 0 Å². The minimum atomic E-state index is -4.17. The Balaban J connectivity index is 1.38. The number of aromatic nitrogens is 1. The quantitative estimate of drug-likeness (QED) is 0.515. The Morgan fingerprint density at radius 2 is 1.87 bits per heavy atom. The summed E-state index contributed by atoms with van der Waals surface area (Å²) in [6, 6.07) is 6.29. The first kappa shape index (κ1) is 26.3. The Labute approximate surface area is 222 Å². The van der Waals surface area contributed by atoms with E-state index in [-0.39, 0.29) is 27.8 Å². The second-order valence-electron chi connectivity index (χ2n) is 9.87. The summed E-state index contributed by atoms with van der Waals surface area (Å²) < 4.78 is 39.0. The molecule has 0 bridgehead atoms. The van der Waals surface area contributed by atoms with E-state index in [1.165, 1.54) is 26.3 Å². The van der Waals surface area contributed by atoms with Crippen LogP contribution >= 0.6 is 0 Å². The van der Waals surface area contributed by atoms with E-state index in [0.717, 1.165) is 48.9 Å². The highest BCUT2D eigenvalue weighted by Gasteiger charge is 2.39. The van der Waals surface area contributed by atoms with Crippen LogP contribution in [0.2, 0.25) is 0 Å². The minimum absolute atomic E-state index is 0.0337. The Kier molecular flexibility index (Phi) is 7.21. The molecule has 38 heavy (non-hydrogen) atoms. The third kappa shape index (κ3) is 5.16. The number of ether oxygens (including phenoxy) is 2. The van der Waals surface area contributed by atoms with Gasteiger partial charge in [0.15, 0.2) is 23.0 Å². The Bertz CT molecular complexity index is 1350. The molecule has 1 saturated heterocycles. The van der Waals surface area contributed by atoms with Crippen LogP contribution in [0.15, 0.2) is 41.1 Å². The van der Waals surface area contributed by atoms with Gasteiger partial charge in [0.05, 0.1) is 7.11 Å². The molecule has 5 rings (SSSR count). The molecule has 0 spiro atoms. The number of anilines is 1. The number of nitrogens with zero attached hydrogens (tertiary/aromatic N) is 4. The molecule has 1 aliphatic carbocycles. The predicted molar refractivity (Wildman–Crippen MR) is 142 cm³/mol. The number of carbonyl (C=O) groups is 1. The van der Waals surface area contributed by atoms with Crippen molar-refractivity contribution in [2.75, 3.05) is 65.9 Å². The number of nitrogens with one attached hydrogen (secondary N) is 1. The molecule has 0 radical (unpaired) electrons. The number of likely N-dealkylation sites (N-methyl/N-ethyl adjacent to an activating group) is 2. The molecule has 204 valence electrons. The van der Waals surface area contributed by atoms with Crippen LogP contribution in [0.3, 0.4) is 0 Å². The minimum Gasteiger partial charge on any atom is -0.505 e. The van der Waals surface area contributed by atoms with Crippen molar-refractivity contribution in [3.63, 3.8) is 0 Å². The summed E-state index contributed by atoms with van der Waals surface area (Å²) in [7, 11) is 0.584. The van der Waals surface area contributed by atoms with Gasteiger partial charge in [0.25, 0.3) is 15.9 Å². The standard InChI is InChI=1S/C26H33N5O6S/c1-29-8-10-31(11-9-29)12-13-37-21-15-22-19(14-20(21)36-3)25(32)24(30(2)38(22,34)35)26(33)28-23-7-6-18(16-27-23)17-4-5-17/h6-7,14-17,32H,4-5,8-13H2,1-3H3,(H,27,28,33). The highest BCUT2D eigenvalue weighted by Crippen LogP contribution is 2.42. The molecule has 2 fully saturated rings. The molecule has 2 N–H and O–H groups in total. The fourth-order valence-corrected chi connectivity index (χ4v) is 6.07. The fraction of sp³-hybridized carbons (Fsp3) is 0.462.